The zero-order chi connectivity index (χ0) is 28.7. The average Bonchev–Trinajstić information content (AvgIpc) is 3.35. The Morgan fingerprint density at radius 2 is 1.70 bits per heavy atom. The summed E-state index contributed by atoms with van der Waals surface area (Å²) in [5, 5.41) is 9.70. The fraction of sp³-hybridized carbons (Fsp3) is 0.611. The molecule has 4 nitrogen and oxygen atoms in total. The van der Waals surface area contributed by atoms with Crippen LogP contribution in [0, 0.1) is 17.3 Å². The van der Waals surface area contributed by atoms with Crippen molar-refractivity contribution in [1.82, 2.24) is 0 Å². The third kappa shape index (κ3) is 7.17. The van der Waals surface area contributed by atoms with Crippen LogP contribution in [0.15, 0.2) is 42.5 Å². The predicted molar refractivity (Wildman–Crippen MR) is 163 cm³/mol. The van der Waals surface area contributed by atoms with Gasteiger partial charge in [-0.25, -0.2) is 4.79 Å². The number of carboxylic acid groups (broad SMARTS) is 1. The van der Waals surface area contributed by atoms with Gasteiger partial charge in [-0.05, 0) is 97.9 Å². The van der Waals surface area contributed by atoms with Crippen LogP contribution in [0.5, 0.6) is 5.75 Å². The van der Waals surface area contributed by atoms with Crippen LogP contribution in [0.1, 0.15) is 133 Å². The van der Waals surface area contributed by atoms with E-state index in [0.29, 0.717) is 29.5 Å². The molecular weight excluding hydrogens is 496 g/mol. The Hall–Kier alpha value is -2.62. The van der Waals surface area contributed by atoms with Crippen molar-refractivity contribution in [2.75, 3.05) is 0 Å². The van der Waals surface area contributed by atoms with Crippen LogP contribution in [0.25, 0.3) is 11.1 Å². The highest BCUT2D eigenvalue weighted by atomic mass is 16.5. The molecule has 2 saturated carbocycles. The largest absolute Gasteiger partial charge is 0.490 e. The lowest BCUT2D eigenvalue weighted by Gasteiger charge is -2.35. The Balaban J connectivity index is 1.44. The Bertz CT molecular complexity index is 1140. The van der Waals surface area contributed by atoms with Gasteiger partial charge < -0.3 is 9.84 Å². The summed E-state index contributed by atoms with van der Waals surface area (Å²) in [6, 6.07) is 13.7. The van der Waals surface area contributed by atoms with Crippen LogP contribution in [0.3, 0.4) is 0 Å². The molecule has 3 atom stereocenters. The summed E-state index contributed by atoms with van der Waals surface area (Å²) in [5.74, 6) is 1.24. The van der Waals surface area contributed by atoms with Gasteiger partial charge in [-0.15, -0.1) is 0 Å². The highest BCUT2D eigenvalue weighted by molar-refractivity contribution is 5.91. The molecular formula is C36H50O4. The molecule has 0 amide bonds. The van der Waals surface area contributed by atoms with E-state index in [1.54, 1.807) is 12.1 Å². The molecule has 0 aliphatic heterocycles. The first kappa shape index (κ1) is 30.3. The van der Waals surface area contributed by atoms with Gasteiger partial charge >= 0.3 is 5.97 Å². The fourth-order valence-corrected chi connectivity index (χ4v) is 7.43. The van der Waals surface area contributed by atoms with E-state index in [9.17, 15) is 14.7 Å². The number of aromatic carboxylic acids is 1. The van der Waals surface area contributed by atoms with Crippen molar-refractivity contribution in [3.63, 3.8) is 0 Å². The first-order valence-electron chi connectivity index (χ1n) is 15.9. The molecule has 40 heavy (non-hydrogen) atoms. The molecule has 0 aromatic heterocycles. The number of carbonyl (C=O) groups excluding carboxylic acids is 1. The Labute approximate surface area is 241 Å². The molecule has 1 N–H and O–H groups in total. The SMILES string of the molecule is CCCC(CC)(CCC)C[C@H](C)C(=O)C[C@@H]1CC[C@@H](Oc2ccc(C(=O)O)cc2-c2ccccc2C2CCC2)C1. The van der Waals surface area contributed by atoms with Gasteiger partial charge in [0.15, 0.2) is 0 Å². The van der Waals surface area contributed by atoms with Gasteiger partial charge in [-0.3, -0.25) is 4.79 Å². The maximum absolute atomic E-state index is 13.3. The van der Waals surface area contributed by atoms with E-state index in [4.69, 9.17) is 4.74 Å². The summed E-state index contributed by atoms with van der Waals surface area (Å²) in [6.07, 6.45) is 14.1. The van der Waals surface area contributed by atoms with Crippen LogP contribution in [0.2, 0.25) is 0 Å². The second-order valence-corrected chi connectivity index (χ2v) is 12.8. The van der Waals surface area contributed by atoms with Crippen molar-refractivity contribution in [2.45, 2.75) is 123 Å². The third-order valence-electron chi connectivity index (χ3n) is 9.90. The Kier molecular flexibility index (Phi) is 10.5. The molecule has 0 bridgehead atoms. The third-order valence-corrected chi connectivity index (χ3v) is 9.90. The lowest BCUT2D eigenvalue weighted by Crippen LogP contribution is -2.27. The van der Waals surface area contributed by atoms with Crippen LogP contribution in [-0.2, 0) is 4.79 Å². The molecule has 0 unspecified atom stereocenters. The van der Waals surface area contributed by atoms with Gasteiger partial charge in [-0.1, -0.05) is 77.6 Å². The second kappa shape index (κ2) is 13.8. The summed E-state index contributed by atoms with van der Waals surface area (Å²) in [5.41, 5.74) is 3.83. The standard InChI is InChI=1S/C36H50O4/c1-5-19-36(7-3,20-6-2)24-25(4)33(37)22-26-15-17-29(21-26)40-34-18-16-28(35(38)39)23-32(34)31-14-9-8-13-30(31)27-11-10-12-27/h8-9,13-14,16,18,23,25-27,29H,5-7,10-12,15,17,19-22,24H2,1-4H3,(H,38,39)/t25-,26+,29+/m0/s1. The number of rotatable bonds is 15. The number of carbonyl (C=O) groups is 2. The van der Waals surface area contributed by atoms with E-state index in [1.165, 1.54) is 50.5 Å². The van der Waals surface area contributed by atoms with Gasteiger partial charge in [0.25, 0.3) is 0 Å². The van der Waals surface area contributed by atoms with Crippen LogP contribution in [-0.4, -0.2) is 23.0 Å². The van der Waals surface area contributed by atoms with Crippen molar-refractivity contribution >= 4 is 11.8 Å². The van der Waals surface area contributed by atoms with Crippen molar-refractivity contribution in [2.24, 2.45) is 17.3 Å². The molecule has 218 valence electrons. The van der Waals surface area contributed by atoms with Gasteiger partial charge in [-0.2, -0.15) is 0 Å². The summed E-state index contributed by atoms with van der Waals surface area (Å²) in [4.78, 5) is 25.2. The first-order valence-corrected chi connectivity index (χ1v) is 15.9. The minimum Gasteiger partial charge on any atom is -0.490 e. The van der Waals surface area contributed by atoms with Crippen LogP contribution < -0.4 is 4.74 Å². The molecule has 4 rings (SSSR count). The van der Waals surface area contributed by atoms with Gasteiger partial charge in [0, 0.05) is 17.9 Å². The summed E-state index contributed by atoms with van der Waals surface area (Å²) in [7, 11) is 0. The van der Waals surface area contributed by atoms with Gasteiger partial charge in [0.2, 0.25) is 0 Å². The molecule has 2 aromatic rings. The Morgan fingerprint density at radius 1 is 0.975 bits per heavy atom. The lowest BCUT2D eigenvalue weighted by atomic mass is 9.70. The maximum atomic E-state index is 13.3. The van der Waals surface area contributed by atoms with Crippen molar-refractivity contribution in [3.05, 3.63) is 53.6 Å². The van der Waals surface area contributed by atoms with E-state index >= 15 is 0 Å². The molecule has 0 saturated heterocycles. The molecule has 0 spiro atoms. The minimum atomic E-state index is -0.924. The molecule has 2 aliphatic rings. The molecule has 2 aromatic carbocycles. The topological polar surface area (TPSA) is 63.6 Å². The number of carboxylic acids is 1. The van der Waals surface area contributed by atoms with Gasteiger partial charge in [0.05, 0.1) is 11.7 Å². The zero-order valence-corrected chi connectivity index (χ0v) is 25.2. The van der Waals surface area contributed by atoms with Crippen molar-refractivity contribution < 1.29 is 19.4 Å². The van der Waals surface area contributed by atoms with E-state index in [2.05, 4.69) is 45.9 Å². The smallest absolute Gasteiger partial charge is 0.335 e. The monoisotopic (exact) mass is 546 g/mol. The lowest BCUT2D eigenvalue weighted by molar-refractivity contribution is -0.124. The van der Waals surface area contributed by atoms with E-state index < -0.39 is 5.97 Å². The van der Waals surface area contributed by atoms with E-state index in [0.717, 1.165) is 49.0 Å². The average molecular weight is 547 g/mol. The summed E-state index contributed by atoms with van der Waals surface area (Å²) < 4.78 is 6.61. The number of ketones is 1. The fourth-order valence-electron chi connectivity index (χ4n) is 7.43. The molecule has 4 heteroatoms. The predicted octanol–water partition coefficient (Wildman–Crippen LogP) is 9.85. The minimum absolute atomic E-state index is 0.0494. The normalized spacial score (nSPS) is 20.2. The van der Waals surface area contributed by atoms with E-state index in [1.807, 2.05) is 12.1 Å². The summed E-state index contributed by atoms with van der Waals surface area (Å²) in [6.45, 7) is 8.97. The van der Waals surface area contributed by atoms with Crippen LogP contribution in [0.4, 0.5) is 0 Å². The maximum Gasteiger partial charge on any atom is 0.335 e. The number of hydrogen-bond donors (Lipinski definition) is 1. The quantitative estimate of drug-likeness (QED) is 0.241. The van der Waals surface area contributed by atoms with Gasteiger partial charge in [0.1, 0.15) is 11.5 Å². The zero-order valence-electron chi connectivity index (χ0n) is 25.2. The number of hydrogen-bond acceptors (Lipinski definition) is 3. The number of ether oxygens (including phenoxy) is 1. The Morgan fingerprint density at radius 3 is 2.33 bits per heavy atom. The number of benzene rings is 2. The molecule has 0 heterocycles. The van der Waals surface area contributed by atoms with Crippen LogP contribution >= 0.6 is 0 Å². The van der Waals surface area contributed by atoms with Crippen molar-refractivity contribution in [1.29, 1.82) is 0 Å². The molecule has 0 radical (unpaired) electrons. The van der Waals surface area contributed by atoms with E-state index in [-0.39, 0.29) is 17.6 Å². The molecule has 2 fully saturated rings. The molecule has 2 aliphatic carbocycles. The van der Waals surface area contributed by atoms with Crippen molar-refractivity contribution in [3.8, 4) is 16.9 Å². The highest BCUT2D eigenvalue weighted by Gasteiger charge is 2.34. The first-order chi connectivity index (χ1) is 19.3. The number of Topliss-reactive ketones (excluding diaryl/α,β-unsaturated/α-hetero) is 1. The summed E-state index contributed by atoms with van der Waals surface area (Å²) >= 11 is 0. The highest BCUT2D eigenvalue weighted by Crippen LogP contribution is 2.45. The second-order valence-electron chi connectivity index (χ2n) is 12.8.